The molecule has 0 spiro atoms. The molecular formula is C15H17N3O4. The van der Waals surface area contributed by atoms with Crippen molar-refractivity contribution in [2.45, 2.75) is 25.9 Å². The summed E-state index contributed by atoms with van der Waals surface area (Å²) in [6.45, 7) is 3.75. The zero-order chi connectivity index (χ0) is 15.7. The van der Waals surface area contributed by atoms with Crippen molar-refractivity contribution in [1.82, 2.24) is 4.90 Å². The molecule has 2 heterocycles. The van der Waals surface area contributed by atoms with Crippen LogP contribution in [0, 0.1) is 4.91 Å². The minimum absolute atomic E-state index is 0.231. The van der Waals surface area contributed by atoms with E-state index >= 15 is 0 Å². The van der Waals surface area contributed by atoms with Gasteiger partial charge in [0.05, 0.1) is 18.8 Å². The Balaban J connectivity index is 1.80. The van der Waals surface area contributed by atoms with E-state index in [1.165, 1.54) is 0 Å². The number of fused-ring (bicyclic) bond motifs is 3. The zero-order valence-corrected chi connectivity index (χ0v) is 12.3. The van der Waals surface area contributed by atoms with Gasteiger partial charge in [-0.1, -0.05) is 17.3 Å². The van der Waals surface area contributed by atoms with Crippen molar-refractivity contribution in [3.05, 3.63) is 33.7 Å². The van der Waals surface area contributed by atoms with Gasteiger partial charge in [-0.2, -0.15) is 0 Å². The van der Waals surface area contributed by atoms with E-state index in [-0.39, 0.29) is 18.4 Å². The Hall–Kier alpha value is -2.28. The lowest BCUT2D eigenvalue weighted by molar-refractivity contribution is -0.144. The lowest BCUT2D eigenvalue weighted by Crippen LogP contribution is -2.35. The molecule has 1 amide bonds. The lowest BCUT2D eigenvalue weighted by atomic mass is 9.94. The smallest absolute Gasteiger partial charge is 0.320 e. The van der Waals surface area contributed by atoms with E-state index in [0.717, 1.165) is 16.8 Å². The molecule has 1 aromatic rings. The third-order valence-corrected chi connectivity index (χ3v) is 4.07. The van der Waals surface area contributed by atoms with E-state index in [4.69, 9.17) is 4.74 Å². The summed E-state index contributed by atoms with van der Waals surface area (Å²) in [6, 6.07) is 2.73. The second-order valence-electron chi connectivity index (χ2n) is 5.43. The van der Waals surface area contributed by atoms with E-state index in [0.29, 0.717) is 31.7 Å². The number of carbonyl (C=O) groups is 2. The maximum Gasteiger partial charge on any atom is 0.320 e. The first-order valence-electron chi connectivity index (χ1n) is 7.30. The first-order valence-corrected chi connectivity index (χ1v) is 7.30. The Bertz CT molecular complexity index is 644. The fraction of sp³-hybridized carbons (Fsp3) is 0.467. The van der Waals surface area contributed by atoms with Crippen LogP contribution >= 0.6 is 0 Å². The number of nitroso groups, excluding NO2 is 1. The normalized spacial score (nSPS) is 20.0. The van der Waals surface area contributed by atoms with Crippen LogP contribution in [0.25, 0.3) is 0 Å². The summed E-state index contributed by atoms with van der Waals surface area (Å²) in [7, 11) is 0. The topological polar surface area (TPSA) is 88.1 Å². The maximum atomic E-state index is 11.8. The summed E-state index contributed by atoms with van der Waals surface area (Å²) >= 11 is 0. The number of carbonyl (C=O) groups excluding carboxylic acids is 2. The van der Waals surface area contributed by atoms with E-state index < -0.39 is 6.04 Å². The number of anilines is 1. The van der Waals surface area contributed by atoms with Gasteiger partial charge in [0.15, 0.2) is 6.04 Å². The number of amides is 1. The highest BCUT2D eigenvalue weighted by Gasteiger charge is 2.35. The van der Waals surface area contributed by atoms with Crippen LogP contribution in [0.1, 0.15) is 29.7 Å². The van der Waals surface area contributed by atoms with E-state index in [1.807, 2.05) is 11.0 Å². The lowest BCUT2D eigenvalue weighted by Gasteiger charge is -2.29. The molecule has 0 aliphatic carbocycles. The summed E-state index contributed by atoms with van der Waals surface area (Å²) in [6.07, 6.45) is 0.712. The third-order valence-electron chi connectivity index (χ3n) is 4.07. The Kier molecular flexibility index (Phi) is 3.89. The fourth-order valence-electron chi connectivity index (χ4n) is 3.07. The van der Waals surface area contributed by atoms with Crippen molar-refractivity contribution in [2.24, 2.45) is 5.18 Å². The fourth-order valence-corrected chi connectivity index (χ4v) is 3.07. The average Bonchev–Trinajstić information content (AvgIpc) is 2.82. The summed E-state index contributed by atoms with van der Waals surface area (Å²) in [5, 5.41) is 5.66. The second kappa shape index (κ2) is 5.84. The molecule has 116 valence electrons. The van der Waals surface area contributed by atoms with Crippen LogP contribution in [0.2, 0.25) is 0 Å². The molecule has 0 aromatic heterocycles. The number of benzene rings is 1. The van der Waals surface area contributed by atoms with Crippen LogP contribution in [0.5, 0.6) is 0 Å². The second-order valence-corrected chi connectivity index (χ2v) is 5.43. The summed E-state index contributed by atoms with van der Waals surface area (Å²) in [5.74, 6) is -0.599. The monoisotopic (exact) mass is 303 g/mol. The molecule has 1 N–H and O–H groups in total. The molecule has 7 heteroatoms. The van der Waals surface area contributed by atoms with Gasteiger partial charge >= 0.3 is 5.97 Å². The first kappa shape index (κ1) is 14.6. The van der Waals surface area contributed by atoms with Gasteiger partial charge in [-0.05, 0) is 24.5 Å². The molecule has 0 bridgehead atoms. The summed E-state index contributed by atoms with van der Waals surface area (Å²) in [4.78, 5) is 36.1. The highest BCUT2D eigenvalue weighted by atomic mass is 16.5. The summed E-state index contributed by atoms with van der Waals surface area (Å²) < 4.78 is 4.96. The van der Waals surface area contributed by atoms with Gasteiger partial charge < -0.3 is 10.1 Å². The molecule has 0 saturated carbocycles. The van der Waals surface area contributed by atoms with Crippen molar-refractivity contribution in [3.8, 4) is 0 Å². The molecule has 22 heavy (non-hydrogen) atoms. The van der Waals surface area contributed by atoms with Crippen LogP contribution in [-0.4, -0.2) is 36.5 Å². The number of esters is 1. The van der Waals surface area contributed by atoms with Crippen molar-refractivity contribution in [1.29, 1.82) is 0 Å². The van der Waals surface area contributed by atoms with E-state index in [2.05, 4.69) is 10.5 Å². The largest absolute Gasteiger partial charge is 0.465 e. The van der Waals surface area contributed by atoms with Gasteiger partial charge in [0.25, 0.3) is 5.91 Å². The average molecular weight is 303 g/mol. The van der Waals surface area contributed by atoms with Gasteiger partial charge in [-0.25, -0.2) is 0 Å². The SMILES string of the molecule is CCOC(=O)CN1CCc2c(ccc3c2NC(=O)C3N=O)C1. The predicted molar refractivity (Wildman–Crippen MR) is 79.2 cm³/mol. The molecule has 3 rings (SSSR count). The van der Waals surface area contributed by atoms with Crippen molar-refractivity contribution < 1.29 is 14.3 Å². The Morgan fingerprint density at radius 1 is 1.50 bits per heavy atom. The van der Waals surface area contributed by atoms with Crippen LogP contribution < -0.4 is 5.32 Å². The molecule has 2 aliphatic rings. The van der Waals surface area contributed by atoms with E-state index in [9.17, 15) is 14.5 Å². The van der Waals surface area contributed by atoms with Crippen LogP contribution in [0.4, 0.5) is 5.69 Å². The molecule has 0 saturated heterocycles. The highest BCUT2D eigenvalue weighted by molar-refractivity contribution is 6.03. The third kappa shape index (κ3) is 2.48. The Morgan fingerprint density at radius 3 is 3.05 bits per heavy atom. The van der Waals surface area contributed by atoms with Crippen LogP contribution in [0.3, 0.4) is 0 Å². The molecule has 0 fully saturated rings. The number of hydrogen-bond donors (Lipinski definition) is 1. The molecule has 2 aliphatic heterocycles. The molecule has 1 atom stereocenters. The van der Waals surface area contributed by atoms with Crippen molar-refractivity contribution in [2.75, 3.05) is 25.0 Å². The Labute approximate surface area is 127 Å². The number of hydrogen-bond acceptors (Lipinski definition) is 6. The van der Waals surface area contributed by atoms with E-state index in [1.54, 1.807) is 13.0 Å². The van der Waals surface area contributed by atoms with Gasteiger partial charge in [0.1, 0.15) is 0 Å². The summed E-state index contributed by atoms with van der Waals surface area (Å²) in [5.41, 5.74) is 3.47. The molecular weight excluding hydrogens is 286 g/mol. The van der Waals surface area contributed by atoms with Gasteiger partial charge in [0, 0.05) is 18.7 Å². The number of ether oxygens (including phenoxy) is 1. The zero-order valence-electron chi connectivity index (χ0n) is 12.3. The van der Waals surface area contributed by atoms with Gasteiger partial charge in [-0.3, -0.25) is 14.5 Å². The Morgan fingerprint density at radius 2 is 2.32 bits per heavy atom. The quantitative estimate of drug-likeness (QED) is 0.670. The maximum absolute atomic E-state index is 11.8. The molecule has 1 aromatic carbocycles. The molecule has 7 nitrogen and oxygen atoms in total. The number of nitrogens with zero attached hydrogens (tertiary/aromatic N) is 2. The minimum Gasteiger partial charge on any atom is -0.465 e. The number of rotatable bonds is 4. The van der Waals surface area contributed by atoms with Crippen LogP contribution in [0.15, 0.2) is 17.3 Å². The van der Waals surface area contributed by atoms with Gasteiger partial charge in [0.2, 0.25) is 0 Å². The molecule has 0 radical (unpaired) electrons. The standard InChI is InChI=1S/C15H17N3O4/c1-2-22-12(19)8-18-6-5-10-9(7-18)3-4-11-13(10)16-15(20)14(11)17-21/h3-4,14H,2,5-8H2,1H3,(H,16,20). The van der Waals surface area contributed by atoms with Crippen molar-refractivity contribution in [3.63, 3.8) is 0 Å². The van der Waals surface area contributed by atoms with Crippen LogP contribution in [-0.2, 0) is 27.3 Å². The first-order chi connectivity index (χ1) is 10.6. The minimum atomic E-state index is -0.946. The number of nitrogens with one attached hydrogen (secondary N) is 1. The van der Waals surface area contributed by atoms with Gasteiger partial charge in [-0.15, -0.1) is 4.91 Å². The predicted octanol–water partition coefficient (Wildman–Crippen LogP) is 1.37. The highest BCUT2D eigenvalue weighted by Crippen LogP contribution is 2.39. The molecule has 1 unspecified atom stereocenters. The van der Waals surface area contributed by atoms with Crippen molar-refractivity contribution >= 4 is 17.6 Å².